The predicted molar refractivity (Wildman–Crippen MR) is 111 cm³/mol. The Morgan fingerprint density at radius 2 is 1.97 bits per heavy atom. The first-order valence-electron chi connectivity index (χ1n) is 9.97. The van der Waals surface area contributed by atoms with E-state index in [1.165, 1.54) is 22.9 Å². The van der Waals surface area contributed by atoms with Gasteiger partial charge in [-0.1, -0.05) is 23.2 Å². The molecule has 162 valence electrons. The number of benzene rings is 1. The minimum absolute atomic E-state index is 0.00377. The normalized spacial score (nSPS) is 23.6. The molecule has 2 N–H and O–H groups in total. The quantitative estimate of drug-likeness (QED) is 0.681. The van der Waals surface area contributed by atoms with Crippen LogP contribution in [0.5, 0.6) is 5.75 Å². The van der Waals surface area contributed by atoms with Crippen LogP contribution >= 0.6 is 23.2 Å². The summed E-state index contributed by atoms with van der Waals surface area (Å²) in [6.45, 7) is 0.107. The highest BCUT2D eigenvalue weighted by molar-refractivity contribution is 6.33. The van der Waals surface area contributed by atoms with Gasteiger partial charge < -0.3 is 19.9 Å². The van der Waals surface area contributed by atoms with Crippen LogP contribution in [0.4, 0.5) is 4.39 Å². The number of nitrogens with zero attached hydrogens (tertiary/aromatic N) is 2. The maximum atomic E-state index is 14.2. The van der Waals surface area contributed by atoms with Gasteiger partial charge in [-0.3, -0.25) is 14.4 Å². The molecule has 2 aliphatic heterocycles. The molecule has 3 aliphatic rings. The summed E-state index contributed by atoms with van der Waals surface area (Å²) in [7, 11) is 0. The van der Waals surface area contributed by atoms with Crippen LogP contribution in [0.3, 0.4) is 0 Å². The molecule has 0 radical (unpaired) electrons. The smallest absolute Gasteiger partial charge is 0.275 e. The number of aromatic nitrogens is 1. The van der Waals surface area contributed by atoms with Crippen molar-refractivity contribution in [2.75, 3.05) is 0 Å². The van der Waals surface area contributed by atoms with Crippen LogP contribution in [0.15, 0.2) is 23.1 Å². The van der Waals surface area contributed by atoms with E-state index in [0.29, 0.717) is 12.5 Å². The third-order valence-corrected chi connectivity index (χ3v) is 7.27. The van der Waals surface area contributed by atoms with E-state index in [-0.39, 0.29) is 51.4 Å². The summed E-state index contributed by atoms with van der Waals surface area (Å²) < 4.78 is 15.7. The van der Waals surface area contributed by atoms with Crippen molar-refractivity contribution in [2.45, 2.75) is 44.4 Å². The number of carbonyl (C=O) groups is 2. The number of fused-ring (bicyclic) bond motifs is 6. The minimum Gasteiger partial charge on any atom is -0.503 e. The lowest BCUT2D eigenvalue weighted by Crippen LogP contribution is -2.52. The SMILES string of the molecule is O=C(NCc1c(Cl)ccc(Cl)c1F)c1cn2c(c(O)c1=O)C(=O)N1C3CCC(C3)C1C2. The van der Waals surface area contributed by atoms with Crippen molar-refractivity contribution < 1.29 is 19.1 Å². The average Bonchev–Trinajstić information content (AvgIpc) is 3.35. The Labute approximate surface area is 186 Å². The number of piperidine rings is 1. The molecule has 1 aromatic heterocycles. The molecule has 2 aromatic rings. The molecule has 1 saturated heterocycles. The van der Waals surface area contributed by atoms with Gasteiger partial charge in [0.15, 0.2) is 11.4 Å². The molecule has 0 spiro atoms. The number of carbonyl (C=O) groups excluding carboxylic acids is 2. The molecular formula is C21H18Cl2FN3O4. The highest BCUT2D eigenvalue weighted by Crippen LogP contribution is 2.45. The average molecular weight is 466 g/mol. The Morgan fingerprint density at radius 1 is 1.23 bits per heavy atom. The van der Waals surface area contributed by atoms with Crippen molar-refractivity contribution in [2.24, 2.45) is 5.92 Å². The van der Waals surface area contributed by atoms with E-state index in [0.717, 1.165) is 19.3 Å². The molecule has 3 unspecified atom stereocenters. The van der Waals surface area contributed by atoms with Crippen molar-refractivity contribution in [3.8, 4) is 5.75 Å². The molecule has 5 rings (SSSR count). The first-order valence-corrected chi connectivity index (χ1v) is 10.7. The van der Waals surface area contributed by atoms with Crippen molar-refractivity contribution in [1.82, 2.24) is 14.8 Å². The number of amides is 2. The van der Waals surface area contributed by atoms with Gasteiger partial charge in [0.05, 0.1) is 11.1 Å². The zero-order valence-electron chi connectivity index (χ0n) is 16.2. The van der Waals surface area contributed by atoms with E-state index in [4.69, 9.17) is 23.2 Å². The number of aromatic hydroxyl groups is 1. The van der Waals surface area contributed by atoms with E-state index < -0.39 is 22.9 Å². The Morgan fingerprint density at radius 3 is 2.74 bits per heavy atom. The molecule has 1 saturated carbocycles. The summed E-state index contributed by atoms with van der Waals surface area (Å²) in [5.41, 5.74) is -1.38. The third-order valence-electron chi connectivity index (χ3n) is 6.63. The van der Waals surface area contributed by atoms with Crippen molar-refractivity contribution in [3.63, 3.8) is 0 Å². The van der Waals surface area contributed by atoms with Crippen LogP contribution < -0.4 is 10.7 Å². The highest BCUT2D eigenvalue weighted by atomic mass is 35.5. The summed E-state index contributed by atoms with van der Waals surface area (Å²) in [5, 5.41) is 12.9. The van der Waals surface area contributed by atoms with Crippen molar-refractivity contribution >= 4 is 35.0 Å². The summed E-state index contributed by atoms with van der Waals surface area (Å²) in [6, 6.07) is 2.84. The summed E-state index contributed by atoms with van der Waals surface area (Å²) in [5.74, 6) is -2.31. The van der Waals surface area contributed by atoms with E-state index in [9.17, 15) is 23.9 Å². The van der Waals surface area contributed by atoms with Gasteiger partial charge in [-0.2, -0.15) is 0 Å². The fraction of sp³-hybridized carbons (Fsp3) is 0.381. The monoisotopic (exact) mass is 465 g/mol. The molecule has 3 atom stereocenters. The van der Waals surface area contributed by atoms with E-state index in [2.05, 4.69) is 5.32 Å². The maximum Gasteiger partial charge on any atom is 0.275 e. The van der Waals surface area contributed by atoms with Crippen LogP contribution in [0.25, 0.3) is 0 Å². The molecule has 10 heteroatoms. The third kappa shape index (κ3) is 3.03. The molecule has 1 aliphatic carbocycles. The van der Waals surface area contributed by atoms with Gasteiger partial charge in [0.1, 0.15) is 11.4 Å². The second-order valence-electron chi connectivity index (χ2n) is 8.23. The van der Waals surface area contributed by atoms with Crippen LogP contribution in [0, 0.1) is 11.7 Å². The molecular weight excluding hydrogens is 448 g/mol. The van der Waals surface area contributed by atoms with Crippen molar-refractivity contribution in [3.05, 3.63) is 61.2 Å². The number of hydrogen-bond donors (Lipinski definition) is 2. The molecule has 2 amide bonds. The fourth-order valence-electron chi connectivity index (χ4n) is 5.14. The largest absolute Gasteiger partial charge is 0.503 e. The van der Waals surface area contributed by atoms with Gasteiger partial charge >= 0.3 is 0 Å². The van der Waals surface area contributed by atoms with Crippen molar-refractivity contribution in [1.29, 1.82) is 0 Å². The van der Waals surface area contributed by atoms with Gasteiger partial charge in [0.2, 0.25) is 5.43 Å². The van der Waals surface area contributed by atoms with Gasteiger partial charge in [-0.25, -0.2) is 4.39 Å². The highest BCUT2D eigenvalue weighted by Gasteiger charge is 2.51. The molecule has 31 heavy (non-hydrogen) atoms. The van der Waals surface area contributed by atoms with E-state index in [1.54, 1.807) is 4.90 Å². The van der Waals surface area contributed by atoms with Gasteiger partial charge in [-0.05, 0) is 37.3 Å². The summed E-state index contributed by atoms with van der Waals surface area (Å²) in [6.07, 6.45) is 4.19. The number of halogens is 3. The number of hydrogen-bond acceptors (Lipinski definition) is 4. The molecule has 3 heterocycles. The molecule has 2 bridgehead atoms. The Hall–Kier alpha value is -2.58. The Balaban J connectivity index is 1.45. The maximum absolute atomic E-state index is 14.2. The van der Waals surface area contributed by atoms with E-state index in [1.807, 2.05) is 0 Å². The lowest BCUT2D eigenvalue weighted by Gasteiger charge is -2.40. The number of rotatable bonds is 3. The van der Waals surface area contributed by atoms with Crippen LogP contribution in [-0.4, -0.2) is 38.5 Å². The first kappa shape index (κ1) is 20.3. The van der Waals surface area contributed by atoms with Crippen LogP contribution in [0.2, 0.25) is 10.0 Å². The first-order chi connectivity index (χ1) is 14.8. The molecule has 2 fully saturated rings. The van der Waals surface area contributed by atoms with Gasteiger partial charge in [0.25, 0.3) is 11.8 Å². The van der Waals surface area contributed by atoms with Crippen LogP contribution in [-0.2, 0) is 13.1 Å². The molecule has 7 nitrogen and oxygen atoms in total. The molecule has 1 aromatic carbocycles. The predicted octanol–water partition coefficient (Wildman–Crippen LogP) is 2.94. The second kappa shape index (κ2) is 7.24. The summed E-state index contributed by atoms with van der Waals surface area (Å²) in [4.78, 5) is 40.1. The Bertz CT molecular complexity index is 1200. The van der Waals surface area contributed by atoms with Crippen LogP contribution in [0.1, 0.15) is 45.7 Å². The lowest BCUT2D eigenvalue weighted by molar-refractivity contribution is 0.0482. The Kier molecular flexibility index (Phi) is 4.75. The standard InChI is InChI=1S/C21H18Cl2FN3O4/c22-13-3-4-14(23)16(24)11(13)6-25-20(30)12-7-26-8-15-9-1-2-10(5-9)27(15)21(31)17(26)19(29)18(12)28/h3-4,7,9-10,15,29H,1-2,5-6,8H2,(H,25,30). The zero-order chi connectivity index (χ0) is 22.0. The number of pyridine rings is 1. The van der Waals surface area contributed by atoms with Gasteiger partial charge in [-0.15, -0.1) is 0 Å². The summed E-state index contributed by atoms with van der Waals surface area (Å²) >= 11 is 11.7. The lowest BCUT2D eigenvalue weighted by atomic mass is 9.95. The topological polar surface area (TPSA) is 91.6 Å². The zero-order valence-corrected chi connectivity index (χ0v) is 17.7. The minimum atomic E-state index is -0.947. The second-order valence-corrected chi connectivity index (χ2v) is 9.05. The number of nitrogens with one attached hydrogen (secondary N) is 1. The van der Waals surface area contributed by atoms with E-state index >= 15 is 0 Å². The van der Waals surface area contributed by atoms with Gasteiger partial charge in [0, 0.05) is 35.9 Å². The fourth-order valence-corrected chi connectivity index (χ4v) is 5.53.